The van der Waals surface area contributed by atoms with Crippen LogP contribution in [-0.4, -0.2) is 38.8 Å². The highest BCUT2D eigenvalue weighted by molar-refractivity contribution is 7.89. The highest BCUT2D eigenvalue weighted by Crippen LogP contribution is 2.15. The number of sulfonamides is 1. The molecule has 5 nitrogen and oxygen atoms in total. The molecule has 0 saturated heterocycles. The van der Waals surface area contributed by atoms with E-state index in [0.29, 0.717) is 5.56 Å². The van der Waals surface area contributed by atoms with Gasteiger partial charge in [0.25, 0.3) is 5.91 Å². The van der Waals surface area contributed by atoms with Crippen molar-refractivity contribution in [1.29, 1.82) is 0 Å². The van der Waals surface area contributed by atoms with Crippen molar-refractivity contribution >= 4 is 15.9 Å². The zero-order valence-electron chi connectivity index (χ0n) is 13.8. The lowest BCUT2D eigenvalue weighted by Gasteiger charge is -2.15. The smallest absolute Gasteiger partial charge is 0.251 e. The van der Waals surface area contributed by atoms with Gasteiger partial charge in [0.05, 0.1) is 4.90 Å². The number of hydrogen-bond donors (Lipinski definition) is 1. The second kappa shape index (κ2) is 8.29. The Morgan fingerprint density at radius 2 is 1.95 bits per heavy atom. The van der Waals surface area contributed by atoms with E-state index in [1.54, 1.807) is 12.1 Å². The van der Waals surface area contributed by atoms with Crippen molar-refractivity contribution in [3.8, 4) is 0 Å². The molecule has 22 heavy (non-hydrogen) atoms. The molecule has 0 saturated carbocycles. The number of amides is 1. The van der Waals surface area contributed by atoms with Crippen molar-refractivity contribution in [2.75, 3.05) is 14.1 Å². The van der Waals surface area contributed by atoms with E-state index in [-0.39, 0.29) is 16.8 Å². The molecule has 0 radical (unpaired) electrons. The molecule has 0 aliphatic rings. The summed E-state index contributed by atoms with van der Waals surface area (Å²) >= 11 is 0. The van der Waals surface area contributed by atoms with Gasteiger partial charge < -0.3 is 5.32 Å². The first-order valence-electron chi connectivity index (χ1n) is 7.62. The highest BCUT2D eigenvalue weighted by Gasteiger charge is 2.19. The molecule has 0 aromatic heterocycles. The monoisotopic (exact) mass is 326 g/mol. The molecular formula is C16H26N2O3S. The minimum absolute atomic E-state index is 0.0770. The van der Waals surface area contributed by atoms with Crippen molar-refractivity contribution in [3.05, 3.63) is 29.8 Å². The van der Waals surface area contributed by atoms with Gasteiger partial charge in [0.2, 0.25) is 10.0 Å². The highest BCUT2D eigenvalue weighted by atomic mass is 32.2. The predicted molar refractivity (Wildman–Crippen MR) is 88.4 cm³/mol. The number of carbonyl (C=O) groups excluding carboxylic acids is 1. The first-order chi connectivity index (χ1) is 10.3. The molecule has 1 aromatic rings. The standard InChI is InChI=1S/C16H26N2O3S/c1-5-6-7-9-13(2)17-16(19)14-10-8-11-15(12-14)22(20,21)18(3)4/h8,10-13H,5-7,9H2,1-4H3,(H,17,19). The number of carbonyl (C=O) groups is 1. The molecule has 0 spiro atoms. The van der Waals surface area contributed by atoms with Crippen molar-refractivity contribution in [2.45, 2.75) is 50.5 Å². The molecule has 124 valence electrons. The molecule has 0 aliphatic carbocycles. The van der Waals surface area contributed by atoms with Gasteiger partial charge in [-0.2, -0.15) is 0 Å². The SMILES string of the molecule is CCCCCC(C)NC(=O)c1cccc(S(=O)(=O)N(C)C)c1. The maximum atomic E-state index is 12.2. The van der Waals surface area contributed by atoms with Crippen LogP contribution < -0.4 is 5.32 Å². The number of unbranched alkanes of at least 4 members (excludes halogenated alkanes) is 2. The Bertz CT molecular complexity index is 597. The molecule has 1 atom stereocenters. The lowest BCUT2D eigenvalue weighted by Crippen LogP contribution is -2.32. The number of hydrogen-bond acceptors (Lipinski definition) is 3. The van der Waals surface area contributed by atoms with E-state index < -0.39 is 10.0 Å². The van der Waals surface area contributed by atoms with Crippen molar-refractivity contribution < 1.29 is 13.2 Å². The summed E-state index contributed by atoms with van der Waals surface area (Å²) in [5, 5.41) is 2.92. The molecule has 0 fully saturated rings. The maximum Gasteiger partial charge on any atom is 0.251 e. The third-order valence-electron chi connectivity index (χ3n) is 3.49. The largest absolute Gasteiger partial charge is 0.350 e. The van der Waals surface area contributed by atoms with E-state index in [4.69, 9.17) is 0 Å². The van der Waals surface area contributed by atoms with Gasteiger partial charge in [0, 0.05) is 25.7 Å². The van der Waals surface area contributed by atoms with Crippen LogP contribution >= 0.6 is 0 Å². The normalized spacial score (nSPS) is 13.1. The van der Waals surface area contributed by atoms with Gasteiger partial charge in [-0.15, -0.1) is 0 Å². The minimum Gasteiger partial charge on any atom is -0.350 e. The van der Waals surface area contributed by atoms with Gasteiger partial charge in [-0.3, -0.25) is 4.79 Å². The van der Waals surface area contributed by atoms with E-state index in [0.717, 1.165) is 30.0 Å². The zero-order valence-corrected chi connectivity index (χ0v) is 14.6. The lowest BCUT2D eigenvalue weighted by molar-refractivity contribution is 0.0937. The van der Waals surface area contributed by atoms with E-state index >= 15 is 0 Å². The molecule has 1 unspecified atom stereocenters. The first kappa shape index (κ1) is 18.6. The van der Waals surface area contributed by atoms with Crippen molar-refractivity contribution in [1.82, 2.24) is 9.62 Å². The van der Waals surface area contributed by atoms with Gasteiger partial charge in [-0.1, -0.05) is 32.3 Å². The summed E-state index contributed by atoms with van der Waals surface area (Å²) < 4.78 is 25.3. The molecule has 1 N–H and O–H groups in total. The molecule has 0 bridgehead atoms. The van der Waals surface area contributed by atoms with E-state index in [1.807, 2.05) is 6.92 Å². The van der Waals surface area contributed by atoms with Crippen molar-refractivity contribution in [3.63, 3.8) is 0 Å². The number of nitrogens with one attached hydrogen (secondary N) is 1. The van der Waals surface area contributed by atoms with Gasteiger partial charge in [-0.05, 0) is 31.5 Å². The van der Waals surface area contributed by atoms with Crippen LogP contribution in [0.2, 0.25) is 0 Å². The molecule has 1 aromatic carbocycles. The van der Waals surface area contributed by atoms with Crippen molar-refractivity contribution in [2.24, 2.45) is 0 Å². The van der Waals surface area contributed by atoms with Crippen LogP contribution in [0, 0.1) is 0 Å². The summed E-state index contributed by atoms with van der Waals surface area (Å²) in [5.41, 5.74) is 0.366. The van der Waals surface area contributed by atoms with Gasteiger partial charge >= 0.3 is 0 Å². The van der Waals surface area contributed by atoms with E-state index in [9.17, 15) is 13.2 Å². The average Bonchev–Trinajstić information content (AvgIpc) is 2.47. The average molecular weight is 326 g/mol. The van der Waals surface area contributed by atoms with Crippen LogP contribution in [0.4, 0.5) is 0 Å². The lowest BCUT2D eigenvalue weighted by atomic mass is 10.1. The molecule has 1 amide bonds. The second-order valence-corrected chi connectivity index (χ2v) is 7.84. The summed E-state index contributed by atoms with van der Waals surface area (Å²) in [4.78, 5) is 12.3. The predicted octanol–water partition coefficient (Wildman–Crippen LogP) is 2.64. The Hall–Kier alpha value is -1.40. The molecular weight excluding hydrogens is 300 g/mol. The van der Waals surface area contributed by atoms with Crippen LogP contribution in [0.3, 0.4) is 0 Å². The summed E-state index contributed by atoms with van der Waals surface area (Å²) in [6, 6.07) is 6.21. The van der Waals surface area contributed by atoms with Crippen LogP contribution in [0.1, 0.15) is 49.9 Å². The Morgan fingerprint density at radius 1 is 1.27 bits per heavy atom. The molecule has 1 rings (SSSR count). The van der Waals surface area contributed by atoms with Crippen LogP contribution in [0.5, 0.6) is 0 Å². The van der Waals surface area contributed by atoms with Gasteiger partial charge in [0.15, 0.2) is 0 Å². The fourth-order valence-corrected chi connectivity index (χ4v) is 3.04. The molecule has 0 heterocycles. The minimum atomic E-state index is -3.53. The summed E-state index contributed by atoms with van der Waals surface area (Å²) in [5.74, 6) is -0.236. The third-order valence-corrected chi connectivity index (χ3v) is 5.30. The van der Waals surface area contributed by atoms with Crippen LogP contribution in [0.25, 0.3) is 0 Å². The number of benzene rings is 1. The second-order valence-electron chi connectivity index (χ2n) is 5.69. The molecule has 6 heteroatoms. The van der Waals surface area contributed by atoms with Crippen LogP contribution in [0.15, 0.2) is 29.2 Å². The third kappa shape index (κ3) is 5.10. The fourth-order valence-electron chi connectivity index (χ4n) is 2.09. The number of rotatable bonds is 8. The van der Waals surface area contributed by atoms with Gasteiger partial charge in [-0.25, -0.2) is 12.7 Å². The summed E-state index contributed by atoms with van der Waals surface area (Å²) in [7, 11) is -0.585. The van der Waals surface area contributed by atoms with E-state index in [1.165, 1.54) is 26.2 Å². The Morgan fingerprint density at radius 3 is 2.55 bits per heavy atom. The first-order valence-corrected chi connectivity index (χ1v) is 9.06. The summed E-state index contributed by atoms with van der Waals surface area (Å²) in [6.45, 7) is 4.11. The van der Waals surface area contributed by atoms with Crippen LogP contribution in [-0.2, 0) is 10.0 Å². The fraction of sp³-hybridized carbons (Fsp3) is 0.562. The number of nitrogens with zero attached hydrogens (tertiary/aromatic N) is 1. The topological polar surface area (TPSA) is 66.5 Å². The quantitative estimate of drug-likeness (QED) is 0.747. The van der Waals surface area contributed by atoms with E-state index in [2.05, 4.69) is 12.2 Å². The molecule has 0 aliphatic heterocycles. The maximum absolute atomic E-state index is 12.2. The van der Waals surface area contributed by atoms with Gasteiger partial charge in [0.1, 0.15) is 0 Å². The summed E-state index contributed by atoms with van der Waals surface area (Å²) in [6.07, 6.45) is 4.30. The Kier molecular flexibility index (Phi) is 7.03. The Labute approximate surface area is 133 Å². The zero-order chi connectivity index (χ0) is 16.8. The Balaban J connectivity index is 2.79.